The van der Waals surface area contributed by atoms with E-state index in [0.29, 0.717) is 6.42 Å². The van der Waals surface area contributed by atoms with Crippen LogP contribution in [0.25, 0.3) is 0 Å². The van der Waals surface area contributed by atoms with Gasteiger partial charge in [0.1, 0.15) is 17.5 Å². The molecule has 1 fully saturated rings. The van der Waals surface area contributed by atoms with Crippen LogP contribution in [0.15, 0.2) is 24.3 Å². The minimum atomic E-state index is -1.07. The normalized spacial score (nSPS) is 22.0. The Morgan fingerprint density at radius 1 is 1.41 bits per heavy atom. The maximum Gasteiger partial charge on any atom is 0.411 e. The molecule has 4 nitrogen and oxygen atoms in total. The fraction of sp³-hybridized carbons (Fsp3) is 0.588. The van der Waals surface area contributed by atoms with Crippen molar-refractivity contribution in [1.82, 2.24) is 4.90 Å². The molecule has 1 amide bonds. The van der Waals surface area contributed by atoms with Gasteiger partial charge < -0.3 is 9.84 Å². The molecule has 1 aliphatic rings. The molecule has 0 spiro atoms. The van der Waals surface area contributed by atoms with Crippen LogP contribution < -0.4 is 0 Å². The highest BCUT2D eigenvalue weighted by Gasteiger charge is 2.52. The number of hydrogen-bond acceptors (Lipinski definition) is 3. The van der Waals surface area contributed by atoms with E-state index in [-0.39, 0.29) is 5.56 Å². The third kappa shape index (κ3) is 3.24. The largest absolute Gasteiger partial charge is 0.444 e. The third-order valence-corrected chi connectivity index (χ3v) is 3.87. The number of halogens is 1. The van der Waals surface area contributed by atoms with E-state index < -0.39 is 35.2 Å². The fourth-order valence-electron chi connectivity index (χ4n) is 2.91. The SMILES string of the molecule is CC(C)(C)OC(=O)N1[C@H]([C@@H](O)c2ccccc2F)CC1(C)C. The van der Waals surface area contributed by atoms with Gasteiger partial charge in [0, 0.05) is 11.1 Å². The number of benzene rings is 1. The Morgan fingerprint density at radius 3 is 2.50 bits per heavy atom. The number of likely N-dealkylation sites (tertiary alicyclic amines) is 1. The van der Waals surface area contributed by atoms with E-state index in [1.165, 1.54) is 11.0 Å². The van der Waals surface area contributed by atoms with Crippen molar-refractivity contribution in [2.24, 2.45) is 0 Å². The van der Waals surface area contributed by atoms with Gasteiger partial charge in [0.05, 0.1) is 6.04 Å². The second-order valence-electron chi connectivity index (χ2n) is 7.40. The lowest BCUT2D eigenvalue weighted by molar-refractivity contribution is -0.105. The van der Waals surface area contributed by atoms with Crippen LogP contribution in [0.3, 0.4) is 0 Å². The highest BCUT2D eigenvalue weighted by atomic mass is 19.1. The van der Waals surface area contributed by atoms with Crippen LogP contribution in [0.2, 0.25) is 0 Å². The summed E-state index contributed by atoms with van der Waals surface area (Å²) >= 11 is 0. The Balaban J connectivity index is 2.21. The van der Waals surface area contributed by atoms with Crippen molar-refractivity contribution in [3.8, 4) is 0 Å². The first-order valence-corrected chi connectivity index (χ1v) is 7.48. The molecular weight excluding hydrogens is 285 g/mol. The smallest absolute Gasteiger partial charge is 0.411 e. The van der Waals surface area contributed by atoms with Gasteiger partial charge in [0.25, 0.3) is 0 Å². The number of aliphatic hydroxyl groups is 1. The first-order chi connectivity index (χ1) is 10.0. The van der Waals surface area contributed by atoms with Gasteiger partial charge in [0.15, 0.2) is 0 Å². The summed E-state index contributed by atoms with van der Waals surface area (Å²) in [6, 6.07) is 5.60. The Bertz CT molecular complexity index is 565. The average molecular weight is 309 g/mol. The van der Waals surface area contributed by atoms with Crippen LogP contribution >= 0.6 is 0 Å². The number of hydrogen-bond donors (Lipinski definition) is 1. The summed E-state index contributed by atoms with van der Waals surface area (Å²) in [5, 5.41) is 10.5. The van der Waals surface area contributed by atoms with E-state index >= 15 is 0 Å². The van der Waals surface area contributed by atoms with E-state index in [9.17, 15) is 14.3 Å². The Kier molecular flexibility index (Phi) is 4.22. The highest BCUT2D eigenvalue weighted by Crippen LogP contribution is 2.43. The maximum absolute atomic E-state index is 13.9. The zero-order chi connectivity index (χ0) is 16.7. The second kappa shape index (κ2) is 5.54. The highest BCUT2D eigenvalue weighted by molar-refractivity contribution is 5.71. The number of amides is 1. The summed E-state index contributed by atoms with van der Waals surface area (Å²) in [7, 11) is 0. The maximum atomic E-state index is 13.9. The monoisotopic (exact) mass is 309 g/mol. The predicted molar refractivity (Wildman–Crippen MR) is 81.9 cm³/mol. The molecule has 1 aromatic rings. The molecule has 1 heterocycles. The summed E-state index contributed by atoms with van der Waals surface area (Å²) in [6.07, 6.45) is -0.965. The van der Waals surface area contributed by atoms with Crippen molar-refractivity contribution < 1.29 is 19.0 Å². The molecule has 22 heavy (non-hydrogen) atoms. The fourth-order valence-corrected chi connectivity index (χ4v) is 2.91. The van der Waals surface area contributed by atoms with Gasteiger partial charge in [-0.1, -0.05) is 18.2 Å². The van der Waals surface area contributed by atoms with E-state index in [1.54, 1.807) is 39.0 Å². The number of carbonyl (C=O) groups excluding carboxylic acids is 1. The zero-order valence-corrected chi connectivity index (χ0v) is 13.8. The molecule has 5 heteroatoms. The second-order valence-corrected chi connectivity index (χ2v) is 7.40. The molecule has 1 N–H and O–H groups in total. The van der Waals surface area contributed by atoms with Gasteiger partial charge in [-0.25, -0.2) is 9.18 Å². The quantitative estimate of drug-likeness (QED) is 0.907. The third-order valence-electron chi connectivity index (χ3n) is 3.87. The van der Waals surface area contributed by atoms with Crippen molar-refractivity contribution in [1.29, 1.82) is 0 Å². The lowest BCUT2D eigenvalue weighted by Crippen LogP contribution is -2.67. The molecule has 1 aromatic carbocycles. The zero-order valence-electron chi connectivity index (χ0n) is 13.8. The first-order valence-electron chi connectivity index (χ1n) is 7.48. The van der Waals surface area contributed by atoms with Gasteiger partial charge >= 0.3 is 6.09 Å². The van der Waals surface area contributed by atoms with Crippen LogP contribution in [0.4, 0.5) is 9.18 Å². The summed E-state index contributed by atoms with van der Waals surface area (Å²) in [5.74, 6) is -0.469. The standard InChI is InChI=1S/C17H24FNO3/c1-16(2,3)22-15(21)19-13(10-17(19,4)5)14(20)11-8-6-7-9-12(11)18/h6-9,13-14,20H,10H2,1-5H3/t13-,14-/m0/s1. The number of carbonyl (C=O) groups is 1. The van der Waals surface area contributed by atoms with E-state index in [1.807, 2.05) is 13.8 Å². The van der Waals surface area contributed by atoms with Crippen molar-refractivity contribution in [2.45, 2.75) is 64.3 Å². The Hall–Kier alpha value is -1.62. The van der Waals surface area contributed by atoms with Crippen molar-refractivity contribution in [3.63, 3.8) is 0 Å². The molecule has 2 atom stereocenters. The molecule has 0 radical (unpaired) electrons. The Morgan fingerprint density at radius 2 is 2.00 bits per heavy atom. The van der Waals surface area contributed by atoms with E-state index in [4.69, 9.17) is 4.74 Å². The molecule has 0 saturated carbocycles. The lowest BCUT2D eigenvalue weighted by atomic mass is 9.77. The summed E-state index contributed by atoms with van der Waals surface area (Å²) in [5.41, 5.74) is -0.827. The predicted octanol–water partition coefficient (Wildman–Crippen LogP) is 3.65. The van der Waals surface area contributed by atoms with Crippen molar-refractivity contribution in [3.05, 3.63) is 35.6 Å². The van der Waals surface area contributed by atoms with Gasteiger partial charge in [-0.3, -0.25) is 4.90 Å². The molecule has 0 unspecified atom stereocenters. The summed E-state index contributed by atoms with van der Waals surface area (Å²) < 4.78 is 19.3. The summed E-state index contributed by atoms with van der Waals surface area (Å²) in [4.78, 5) is 13.9. The van der Waals surface area contributed by atoms with Gasteiger partial charge in [-0.05, 0) is 47.1 Å². The number of ether oxygens (including phenoxy) is 1. The van der Waals surface area contributed by atoms with E-state index in [0.717, 1.165) is 0 Å². The molecule has 0 bridgehead atoms. The number of aliphatic hydroxyl groups excluding tert-OH is 1. The van der Waals surface area contributed by atoms with Gasteiger partial charge in [0.2, 0.25) is 0 Å². The van der Waals surface area contributed by atoms with Gasteiger partial charge in [-0.15, -0.1) is 0 Å². The van der Waals surface area contributed by atoms with Crippen LogP contribution in [0.1, 0.15) is 52.7 Å². The minimum absolute atomic E-state index is 0.205. The molecule has 122 valence electrons. The molecular formula is C17H24FNO3. The molecule has 0 aliphatic carbocycles. The molecule has 1 saturated heterocycles. The minimum Gasteiger partial charge on any atom is -0.444 e. The summed E-state index contributed by atoms with van der Waals surface area (Å²) in [6.45, 7) is 9.18. The van der Waals surface area contributed by atoms with Crippen LogP contribution in [0.5, 0.6) is 0 Å². The first kappa shape index (κ1) is 16.7. The lowest BCUT2D eigenvalue weighted by Gasteiger charge is -2.56. The number of rotatable bonds is 2. The van der Waals surface area contributed by atoms with Crippen LogP contribution in [0, 0.1) is 5.82 Å². The number of nitrogens with zero attached hydrogens (tertiary/aromatic N) is 1. The molecule has 1 aliphatic heterocycles. The van der Waals surface area contributed by atoms with Crippen LogP contribution in [-0.4, -0.2) is 33.3 Å². The topological polar surface area (TPSA) is 49.8 Å². The van der Waals surface area contributed by atoms with Crippen molar-refractivity contribution in [2.75, 3.05) is 0 Å². The molecule has 2 rings (SSSR count). The van der Waals surface area contributed by atoms with Crippen molar-refractivity contribution >= 4 is 6.09 Å². The Labute approximate surface area is 130 Å². The average Bonchev–Trinajstić information content (AvgIpc) is 2.33. The van der Waals surface area contributed by atoms with Crippen LogP contribution in [-0.2, 0) is 4.74 Å². The molecule has 0 aromatic heterocycles. The van der Waals surface area contributed by atoms with E-state index in [2.05, 4.69) is 0 Å². The van der Waals surface area contributed by atoms with Gasteiger partial charge in [-0.2, -0.15) is 0 Å².